The minimum atomic E-state index is -0.0855. The van der Waals surface area contributed by atoms with E-state index in [1.807, 2.05) is 29.1 Å². The summed E-state index contributed by atoms with van der Waals surface area (Å²) in [7, 11) is 2.06. The number of ether oxygens (including phenoxy) is 1. The maximum Gasteiger partial charge on any atom is 0.252 e. The second-order valence-corrected chi connectivity index (χ2v) is 9.08. The monoisotopic (exact) mass is 450 g/mol. The number of benzene rings is 1. The molecule has 1 amide bonds. The van der Waals surface area contributed by atoms with Crippen LogP contribution in [0, 0.1) is 0 Å². The van der Waals surface area contributed by atoms with E-state index in [2.05, 4.69) is 48.3 Å². The van der Waals surface area contributed by atoms with Gasteiger partial charge in [-0.25, -0.2) is 4.98 Å². The van der Waals surface area contributed by atoms with Gasteiger partial charge in [0, 0.05) is 56.7 Å². The molecule has 33 heavy (non-hydrogen) atoms. The minimum Gasteiger partial charge on any atom is -0.381 e. The molecule has 0 aliphatic carbocycles. The van der Waals surface area contributed by atoms with Crippen molar-refractivity contribution in [3.05, 3.63) is 47.7 Å². The molecule has 1 aliphatic rings. The fourth-order valence-corrected chi connectivity index (χ4v) is 4.16. The Kier molecular flexibility index (Phi) is 7.37. The molecule has 1 aromatic carbocycles. The lowest BCUT2D eigenvalue weighted by molar-refractivity contribution is 0.0697. The highest BCUT2D eigenvalue weighted by Crippen LogP contribution is 2.26. The molecular formula is C25H34N6O2. The third-order valence-corrected chi connectivity index (χ3v) is 6.03. The second kappa shape index (κ2) is 10.4. The third-order valence-electron chi connectivity index (χ3n) is 6.03. The van der Waals surface area contributed by atoms with Crippen LogP contribution in [-0.4, -0.2) is 65.0 Å². The van der Waals surface area contributed by atoms with Gasteiger partial charge in [-0.3, -0.25) is 9.48 Å². The lowest BCUT2D eigenvalue weighted by Crippen LogP contribution is -2.39. The van der Waals surface area contributed by atoms with E-state index in [9.17, 15) is 4.79 Å². The van der Waals surface area contributed by atoms with E-state index in [1.165, 1.54) is 5.56 Å². The van der Waals surface area contributed by atoms with Gasteiger partial charge in [0.2, 0.25) is 0 Å². The number of hydrogen-bond acceptors (Lipinski definition) is 6. The van der Waals surface area contributed by atoms with Gasteiger partial charge in [0.05, 0.1) is 16.6 Å². The molecule has 1 fully saturated rings. The minimum absolute atomic E-state index is 0.0855. The van der Waals surface area contributed by atoms with E-state index in [4.69, 9.17) is 15.5 Å². The molecule has 3 heterocycles. The highest BCUT2D eigenvalue weighted by atomic mass is 16.5. The van der Waals surface area contributed by atoms with Gasteiger partial charge in [-0.2, -0.15) is 5.10 Å². The van der Waals surface area contributed by atoms with Crippen molar-refractivity contribution < 1.29 is 9.53 Å². The topological polar surface area (TPSA) is 98.3 Å². The van der Waals surface area contributed by atoms with Crippen LogP contribution in [0.2, 0.25) is 0 Å². The van der Waals surface area contributed by atoms with Crippen LogP contribution in [0.4, 0.5) is 0 Å². The number of aromatic nitrogens is 3. The zero-order valence-corrected chi connectivity index (χ0v) is 19.8. The first-order valence-electron chi connectivity index (χ1n) is 11.7. The number of fused-ring (bicyclic) bond motifs is 1. The van der Waals surface area contributed by atoms with Crippen molar-refractivity contribution in [3.8, 4) is 11.3 Å². The summed E-state index contributed by atoms with van der Waals surface area (Å²) in [5.41, 5.74) is 9.77. The van der Waals surface area contributed by atoms with Gasteiger partial charge in [0.15, 0.2) is 5.65 Å². The first kappa shape index (κ1) is 23.4. The van der Waals surface area contributed by atoms with Crippen molar-refractivity contribution in [2.75, 3.05) is 33.4 Å². The molecule has 176 valence electrons. The summed E-state index contributed by atoms with van der Waals surface area (Å²) in [5.74, 6) is -0.0855. The summed E-state index contributed by atoms with van der Waals surface area (Å²) in [6, 6.07) is 10.5. The molecule has 8 heteroatoms. The quantitative estimate of drug-likeness (QED) is 0.548. The van der Waals surface area contributed by atoms with Crippen LogP contribution in [0.1, 0.15) is 48.7 Å². The van der Waals surface area contributed by atoms with Crippen molar-refractivity contribution in [2.24, 2.45) is 5.73 Å². The van der Waals surface area contributed by atoms with Gasteiger partial charge in [0.25, 0.3) is 5.91 Å². The Morgan fingerprint density at radius 1 is 1.30 bits per heavy atom. The molecule has 0 spiro atoms. The molecule has 2 aromatic heterocycles. The van der Waals surface area contributed by atoms with Gasteiger partial charge in [-0.15, -0.1) is 0 Å². The molecular weight excluding hydrogens is 416 g/mol. The van der Waals surface area contributed by atoms with Gasteiger partial charge in [-0.1, -0.05) is 18.2 Å². The number of carbonyl (C=O) groups is 1. The van der Waals surface area contributed by atoms with Gasteiger partial charge >= 0.3 is 0 Å². The van der Waals surface area contributed by atoms with Crippen LogP contribution in [0.25, 0.3) is 22.3 Å². The molecule has 8 nitrogen and oxygen atoms in total. The second-order valence-electron chi connectivity index (χ2n) is 9.08. The maximum atomic E-state index is 13.3. The summed E-state index contributed by atoms with van der Waals surface area (Å²) in [5, 5.41) is 8.63. The molecule has 0 saturated carbocycles. The van der Waals surface area contributed by atoms with Crippen LogP contribution in [0.3, 0.4) is 0 Å². The van der Waals surface area contributed by atoms with Crippen molar-refractivity contribution in [1.82, 2.24) is 25.0 Å². The van der Waals surface area contributed by atoms with E-state index in [1.54, 1.807) is 0 Å². The van der Waals surface area contributed by atoms with Crippen LogP contribution >= 0.6 is 0 Å². The van der Waals surface area contributed by atoms with E-state index < -0.39 is 0 Å². The Balaban J connectivity index is 1.71. The number of nitrogens with zero attached hydrogens (tertiary/aromatic N) is 4. The predicted molar refractivity (Wildman–Crippen MR) is 130 cm³/mol. The molecule has 1 saturated heterocycles. The number of likely N-dealkylation sites (N-methyl/N-ethyl adjacent to an activating group) is 1. The number of hydrogen-bond donors (Lipinski definition) is 2. The molecule has 3 aromatic rings. The Morgan fingerprint density at radius 3 is 2.82 bits per heavy atom. The van der Waals surface area contributed by atoms with E-state index in [0.29, 0.717) is 31.0 Å². The summed E-state index contributed by atoms with van der Waals surface area (Å²) >= 11 is 0. The standard InChI is InChI=1S/C25H34N6O2/c1-17(2)31-16-22-21(25(32)27-20-7-11-33-12-8-20)14-23(28-24(22)29-31)19-6-4-5-18(13-19)15-30(3)10-9-26/h4-6,13-14,16-17,20H,7-12,15,26H2,1-3H3,(H,27,32). The maximum absolute atomic E-state index is 13.3. The first-order valence-corrected chi connectivity index (χ1v) is 11.7. The molecule has 4 rings (SSSR count). The third kappa shape index (κ3) is 5.58. The van der Waals surface area contributed by atoms with Crippen LogP contribution in [0.15, 0.2) is 36.5 Å². The van der Waals surface area contributed by atoms with E-state index >= 15 is 0 Å². The zero-order chi connectivity index (χ0) is 23.4. The number of nitrogens with two attached hydrogens (primary N) is 1. The highest BCUT2D eigenvalue weighted by Gasteiger charge is 2.21. The number of amides is 1. The number of rotatable bonds is 8. The van der Waals surface area contributed by atoms with Crippen LogP contribution < -0.4 is 11.1 Å². The van der Waals surface area contributed by atoms with Gasteiger partial charge in [-0.05, 0) is 51.4 Å². The van der Waals surface area contributed by atoms with Crippen LogP contribution in [-0.2, 0) is 11.3 Å². The number of carbonyl (C=O) groups excluding carboxylic acids is 1. The fraction of sp³-hybridized carbons (Fsp3) is 0.480. The zero-order valence-electron chi connectivity index (χ0n) is 19.8. The van der Waals surface area contributed by atoms with Crippen LogP contribution in [0.5, 0.6) is 0 Å². The van der Waals surface area contributed by atoms with Crippen molar-refractivity contribution in [3.63, 3.8) is 0 Å². The highest BCUT2D eigenvalue weighted by molar-refractivity contribution is 6.06. The Morgan fingerprint density at radius 2 is 2.09 bits per heavy atom. The first-order chi connectivity index (χ1) is 15.9. The predicted octanol–water partition coefficient (Wildman–Crippen LogP) is 2.98. The Bertz CT molecular complexity index is 1100. The molecule has 1 aliphatic heterocycles. The largest absolute Gasteiger partial charge is 0.381 e. The summed E-state index contributed by atoms with van der Waals surface area (Å²) in [4.78, 5) is 20.4. The fourth-order valence-electron chi connectivity index (χ4n) is 4.16. The molecule has 0 atom stereocenters. The normalized spacial score (nSPS) is 15.0. The molecule has 0 unspecified atom stereocenters. The van der Waals surface area contributed by atoms with Gasteiger partial charge in [0.1, 0.15) is 0 Å². The van der Waals surface area contributed by atoms with Crippen molar-refractivity contribution in [1.29, 1.82) is 0 Å². The average molecular weight is 451 g/mol. The Labute approximate surface area is 195 Å². The molecule has 3 N–H and O–H groups in total. The smallest absolute Gasteiger partial charge is 0.252 e. The van der Waals surface area contributed by atoms with E-state index in [-0.39, 0.29) is 18.0 Å². The van der Waals surface area contributed by atoms with Gasteiger partial charge < -0.3 is 20.7 Å². The van der Waals surface area contributed by atoms with Crippen molar-refractivity contribution in [2.45, 2.75) is 45.3 Å². The lowest BCUT2D eigenvalue weighted by atomic mass is 10.0. The van der Waals surface area contributed by atoms with Crippen molar-refractivity contribution >= 4 is 16.9 Å². The number of pyridine rings is 1. The average Bonchev–Trinajstić information content (AvgIpc) is 3.24. The number of nitrogens with one attached hydrogen (secondary N) is 1. The van der Waals surface area contributed by atoms with E-state index in [0.717, 1.165) is 42.6 Å². The lowest BCUT2D eigenvalue weighted by Gasteiger charge is -2.23. The summed E-state index contributed by atoms with van der Waals surface area (Å²) in [6.07, 6.45) is 3.58. The SMILES string of the molecule is CC(C)n1cc2c(C(=O)NC3CCOCC3)cc(-c3cccc(CN(C)CCN)c3)nc2n1. The summed E-state index contributed by atoms with van der Waals surface area (Å²) in [6.45, 7) is 7.74. The molecule has 0 radical (unpaired) electrons. The summed E-state index contributed by atoms with van der Waals surface area (Å²) < 4.78 is 7.30. The Hall–Kier alpha value is -2.81. The molecule has 0 bridgehead atoms.